The van der Waals surface area contributed by atoms with Crippen LogP contribution < -0.4 is 51.1 Å². The molecular weight excluding hydrogens is 1660 g/mol. The van der Waals surface area contributed by atoms with Crippen LogP contribution in [0.25, 0.3) is 0 Å². The summed E-state index contributed by atoms with van der Waals surface area (Å²) in [6.07, 6.45) is 8.90. The van der Waals surface area contributed by atoms with Crippen molar-refractivity contribution in [1.29, 1.82) is 0 Å². The molecule has 36 nitrogen and oxygen atoms in total. The van der Waals surface area contributed by atoms with Crippen LogP contribution in [0.4, 0.5) is 0 Å². The van der Waals surface area contributed by atoms with E-state index in [-0.39, 0.29) is 216 Å². The molecule has 0 aliphatic rings. The van der Waals surface area contributed by atoms with Gasteiger partial charge in [0, 0.05) is 168 Å². The van der Waals surface area contributed by atoms with Gasteiger partial charge in [-0.1, -0.05) is 60.7 Å². The molecule has 105 heavy (non-hydrogen) atoms. The molecule has 0 radical (unpaired) electrons. The summed E-state index contributed by atoms with van der Waals surface area (Å²) < 4.78 is 0. The van der Waals surface area contributed by atoms with Crippen molar-refractivity contribution in [2.24, 2.45) is 0 Å². The fourth-order valence-electron chi connectivity index (χ4n) is 3.89. The molecule has 550 valence electrons. The summed E-state index contributed by atoms with van der Waals surface area (Å²) in [5, 5.41) is 109. The summed E-state index contributed by atoms with van der Waals surface area (Å²) in [6, 6.07) is 11.5. The number of rotatable bonds is 18. The van der Waals surface area contributed by atoms with Crippen LogP contribution >= 0.6 is 0 Å². The predicted molar refractivity (Wildman–Crippen MR) is 339 cm³/mol. The van der Waals surface area contributed by atoms with Crippen molar-refractivity contribution in [3.05, 3.63) is 116 Å². The maximum Gasteiger partial charge on any atom is 2.00 e. The molecule has 0 atom stereocenters. The van der Waals surface area contributed by atoms with Crippen molar-refractivity contribution in [3.8, 4) is 57.5 Å². The standard InChI is InChI=1S/5C8H6O4.8C3H7NO.5Zn/c5*9-3-5-1-2-6(4-10)8(12)7(5)11;8*1-4(2)3-5;;;;;/h5*1-4,11-12H;8*3H,1-2H3;;;;;/q;;;;;;;;;;;;;5*+2/p-10. The number of amides is 8. The van der Waals surface area contributed by atoms with Crippen LogP contribution in [0.3, 0.4) is 0 Å². The summed E-state index contributed by atoms with van der Waals surface area (Å²) in [4.78, 5) is 189. The Morgan fingerprint density at radius 3 is 0.238 bits per heavy atom. The first-order valence-corrected chi connectivity index (χ1v) is 26.7. The number of hydrogen-bond acceptors (Lipinski definition) is 28. The minimum absolute atomic E-state index is 0. The van der Waals surface area contributed by atoms with Crippen molar-refractivity contribution in [3.63, 3.8) is 0 Å². The summed E-state index contributed by atoms with van der Waals surface area (Å²) in [5.74, 6) is -9.22. The third-order valence-corrected chi connectivity index (χ3v) is 8.82. The Morgan fingerprint density at radius 2 is 0.210 bits per heavy atom. The van der Waals surface area contributed by atoms with E-state index < -0.39 is 57.5 Å². The number of aldehydes is 10. The molecule has 41 heteroatoms. The minimum Gasteiger partial charge on any atom is -0.872 e. The Balaban J connectivity index is -0.0000000807. The van der Waals surface area contributed by atoms with E-state index in [9.17, 15) is 137 Å². The zero-order valence-electron chi connectivity index (χ0n) is 60.7. The molecule has 0 N–H and O–H groups in total. The first-order valence-electron chi connectivity index (χ1n) is 26.7. The molecule has 0 bridgehead atoms. The molecule has 5 rings (SSSR count). The Bertz CT molecular complexity index is 2660. The predicted octanol–water partition coefficient (Wildman–Crippen LogP) is -5.08. The molecule has 0 aliphatic carbocycles. The van der Waals surface area contributed by atoms with E-state index >= 15 is 0 Å². The third-order valence-electron chi connectivity index (χ3n) is 8.82. The Labute approximate surface area is 669 Å². The molecule has 0 spiro atoms. The fraction of sp³-hybridized carbons (Fsp3) is 0.250. The Morgan fingerprint density at radius 1 is 0.162 bits per heavy atom. The number of benzene rings is 5. The fourth-order valence-corrected chi connectivity index (χ4v) is 3.89. The maximum atomic E-state index is 10.9. The van der Waals surface area contributed by atoms with Gasteiger partial charge < -0.3 is 90.3 Å². The van der Waals surface area contributed by atoms with Crippen LogP contribution in [0.1, 0.15) is 104 Å². The van der Waals surface area contributed by atoms with Gasteiger partial charge in [0.25, 0.3) is 0 Å². The van der Waals surface area contributed by atoms with Crippen LogP contribution in [0.5, 0.6) is 57.5 Å². The van der Waals surface area contributed by atoms with Crippen LogP contribution in [0, 0.1) is 0 Å². The van der Waals surface area contributed by atoms with E-state index in [1.165, 1.54) is 39.2 Å². The Kier molecular flexibility index (Phi) is 92.3. The van der Waals surface area contributed by atoms with Crippen molar-refractivity contribution in [1.82, 2.24) is 39.2 Å². The minimum atomic E-state index is -0.922. The molecule has 8 amide bonds. The van der Waals surface area contributed by atoms with E-state index in [1.54, 1.807) is 113 Å². The van der Waals surface area contributed by atoms with Gasteiger partial charge in [-0.25, -0.2) is 0 Å². The number of nitrogens with zero attached hydrogens (tertiary/aromatic N) is 8. The summed E-state index contributed by atoms with van der Waals surface area (Å²) in [7, 11) is 27.0. The first-order chi connectivity index (χ1) is 46.7. The number of carbonyl (C=O) groups excluding carboxylic acids is 18. The van der Waals surface area contributed by atoms with Crippen LogP contribution in [0.2, 0.25) is 0 Å². The molecule has 0 fully saturated rings. The maximum absolute atomic E-state index is 10.9. The molecule has 0 unspecified atom stereocenters. The molecule has 5 aromatic rings. The second-order valence-electron chi connectivity index (χ2n) is 19.2. The average Bonchev–Trinajstić information content (AvgIpc) is 0.888. The van der Waals surface area contributed by atoms with Crippen molar-refractivity contribution < 1.29 is 235 Å². The zero-order chi connectivity index (χ0) is 80.0. The van der Waals surface area contributed by atoms with Crippen LogP contribution in [0.15, 0.2) is 60.7 Å². The monoisotopic (exact) mass is 1720 g/mol. The van der Waals surface area contributed by atoms with Gasteiger partial charge in [0.05, 0.1) is 0 Å². The molecule has 0 aromatic heterocycles. The van der Waals surface area contributed by atoms with Gasteiger partial charge in [-0.05, 0) is 0 Å². The number of carbonyl (C=O) groups is 18. The van der Waals surface area contributed by atoms with Crippen molar-refractivity contribution >= 4 is 114 Å². The average molecular weight is 1730 g/mol. The molecule has 0 saturated carbocycles. The van der Waals surface area contributed by atoms with E-state index in [1.807, 2.05) is 0 Å². The number of hydrogen-bond donors (Lipinski definition) is 0. The normalized spacial score (nSPS) is 7.92. The smallest absolute Gasteiger partial charge is 0.872 e. The zero-order valence-corrected chi connectivity index (χ0v) is 75.5. The molecular formula is C64H76N8O28Zn5. The molecule has 0 heterocycles. The third kappa shape index (κ3) is 64.3. The van der Waals surface area contributed by atoms with E-state index in [0.29, 0.717) is 0 Å². The van der Waals surface area contributed by atoms with Gasteiger partial charge in [-0.3, -0.25) is 86.3 Å². The first kappa shape index (κ1) is 125. The summed E-state index contributed by atoms with van der Waals surface area (Å²) in [6.45, 7) is 0. The topological polar surface area (TPSA) is 564 Å². The second-order valence-corrected chi connectivity index (χ2v) is 19.2. The summed E-state index contributed by atoms with van der Waals surface area (Å²) in [5.41, 5.74) is -2.17. The van der Waals surface area contributed by atoms with Crippen molar-refractivity contribution in [2.75, 3.05) is 113 Å². The van der Waals surface area contributed by atoms with Gasteiger partial charge in [-0.15, -0.1) is 57.5 Å². The van der Waals surface area contributed by atoms with Crippen molar-refractivity contribution in [2.45, 2.75) is 0 Å². The second kappa shape index (κ2) is 77.8. The summed E-state index contributed by atoms with van der Waals surface area (Å²) >= 11 is 0. The van der Waals surface area contributed by atoms with E-state index in [0.717, 1.165) is 112 Å². The van der Waals surface area contributed by atoms with E-state index in [2.05, 4.69) is 0 Å². The van der Waals surface area contributed by atoms with Gasteiger partial charge in [0.2, 0.25) is 51.3 Å². The van der Waals surface area contributed by atoms with E-state index in [4.69, 9.17) is 0 Å². The van der Waals surface area contributed by atoms with Crippen LogP contribution in [-0.2, 0) is 136 Å². The van der Waals surface area contributed by atoms with Gasteiger partial charge >= 0.3 is 97.4 Å². The van der Waals surface area contributed by atoms with Gasteiger partial charge in [0.1, 0.15) is 62.9 Å². The largest absolute Gasteiger partial charge is 2.00 e. The van der Waals surface area contributed by atoms with Crippen LogP contribution in [-0.4, -0.2) is 266 Å². The Hall–Kier alpha value is -10.3. The molecule has 5 aromatic carbocycles. The SMILES string of the molecule is CN(C)C=O.CN(C)C=O.CN(C)C=O.CN(C)C=O.CN(C)C=O.CN(C)C=O.CN(C)C=O.CN(C)C=O.O=Cc1ccc(C=O)c([O-])c1[O-].O=Cc1ccc(C=O)c([O-])c1[O-].O=Cc1ccc(C=O)c([O-])c1[O-].O=Cc1ccc(C=O)c([O-])c1[O-].O=Cc1ccc(C=O)c([O-])c1[O-].[Zn+2].[Zn+2].[Zn+2].[Zn+2].[Zn+2]. The molecule has 0 saturated heterocycles. The van der Waals surface area contributed by atoms with Gasteiger partial charge in [0.15, 0.2) is 0 Å². The molecule has 0 aliphatic heterocycles. The quantitative estimate of drug-likeness (QED) is 0.0585. The van der Waals surface area contributed by atoms with Gasteiger partial charge in [-0.2, -0.15) is 0 Å².